The SMILES string of the molecule is CCNC(=O)N(S)c1cccc(C(=O)OC)c1NCc1ccc(-c2ccccc2C#N)cc1. The molecule has 0 aromatic heterocycles. The second-order valence-corrected chi connectivity index (χ2v) is 7.45. The van der Waals surface area contributed by atoms with Crippen LogP contribution in [0.5, 0.6) is 0 Å². The van der Waals surface area contributed by atoms with Crippen molar-refractivity contribution in [2.45, 2.75) is 13.5 Å². The van der Waals surface area contributed by atoms with Crippen LogP contribution >= 0.6 is 12.8 Å². The van der Waals surface area contributed by atoms with Crippen molar-refractivity contribution in [1.82, 2.24) is 5.32 Å². The van der Waals surface area contributed by atoms with E-state index in [1.807, 2.05) is 49.4 Å². The van der Waals surface area contributed by atoms with Gasteiger partial charge in [0.2, 0.25) is 0 Å². The van der Waals surface area contributed by atoms with Gasteiger partial charge < -0.3 is 15.4 Å². The highest BCUT2D eigenvalue weighted by Gasteiger charge is 2.21. The lowest BCUT2D eigenvalue weighted by atomic mass is 9.99. The van der Waals surface area contributed by atoms with Crippen LogP contribution in [0.2, 0.25) is 0 Å². The number of anilines is 2. The lowest BCUT2D eigenvalue weighted by molar-refractivity contribution is 0.0601. The van der Waals surface area contributed by atoms with Crippen LogP contribution in [0.4, 0.5) is 16.2 Å². The third kappa shape index (κ3) is 5.45. The summed E-state index contributed by atoms with van der Waals surface area (Å²) in [6, 6.07) is 22.0. The average molecular weight is 461 g/mol. The maximum atomic E-state index is 12.3. The number of para-hydroxylation sites is 1. The fourth-order valence-corrected chi connectivity index (χ4v) is 3.58. The third-order valence-corrected chi connectivity index (χ3v) is 5.38. The van der Waals surface area contributed by atoms with E-state index in [9.17, 15) is 14.9 Å². The molecule has 0 aliphatic heterocycles. The van der Waals surface area contributed by atoms with Gasteiger partial charge in [0.25, 0.3) is 0 Å². The van der Waals surface area contributed by atoms with Crippen LogP contribution in [0, 0.1) is 11.3 Å². The Morgan fingerprint density at radius 2 is 1.79 bits per heavy atom. The molecule has 0 aliphatic rings. The smallest absolute Gasteiger partial charge is 0.340 e. The van der Waals surface area contributed by atoms with Crippen LogP contribution in [0.1, 0.15) is 28.4 Å². The zero-order valence-electron chi connectivity index (χ0n) is 18.3. The molecule has 0 atom stereocenters. The molecule has 0 fully saturated rings. The van der Waals surface area contributed by atoms with Crippen LogP contribution in [-0.2, 0) is 11.3 Å². The second kappa shape index (κ2) is 11.1. The summed E-state index contributed by atoms with van der Waals surface area (Å²) in [5.74, 6) is -0.527. The fraction of sp³-hybridized carbons (Fsp3) is 0.160. The van der Waals surface area contributed by atoms with Crippen molar-refractivity contribution in [3.05, 3.63) is 83.4 Å². The maximum absolute atomic E-state index is 12.3. The Labute approximate surface area is 198 Å². The Kier molecular flexibility index (Phi) is 7.95. The number of carbonyl (C=O) groups is 2. The molecular formula is C25H24N4O3S. The Morgan fingerprint density at radius 1 is 1.06 bits per heavy atom. The number of ether oxygens (including phenoxy) is 1. The Bertz CT molecular complexity index is 1190. The van der Waals surface area contributed by atoms with Gasteiger partial charge in [0, 0.05) is 13.1 Å². The monoisotopic (exact) mass is 460 g/mol. The molecule has 33 heavy (non-hydrogen) atoms. The molecule has 0 heterocycles. The van der Waals surface area contributed by atoms with Gasteiger partial charge in [-0.1, -0.05) is 61.3 Å². The minimum Gasteiger partial charge on any atom is -0.465 e. The molecule has 2 amide bonds. The van der Waals surface area contributed by atoms with E-state index in [0.717, 1.165) is 21.0 Å². The lowest BCUT2D eigenvalue weighted by Crippen LogP contribution is -2.34. The summed E-state index contributed by atoms with van der Waals surface area (Å²) in [6.07, 6.45) is 0. The van der Waals surface area contributed by atoms with Gasteiger partial charge in [-0.25, -0.2) is 13.9 Å². The van der Waals surface area contributed by atoms with Crippen molar-refractivity contribution in [1.29, 1.82) is 5.26 Å². The number of nitriles is 1. The number of thiol groups is 1. The summed E-state index contributed by atoms with van der Waals surface area (Å²) in [6.45, 7) is 2.64. The standard InChI is InChI=1S/C25H24N4O3S/c1-3-27-25(31)29(33)22-10-6-9-21(24(30)32-2)23(22)28-16-17-11-13-18(14-12-17)20-8-5-4-7-19(20)15-26/h4-14,28,33H,3,16H2,1-2H3,(H,27,31). The van der Waals surface area contributed by atoms with Crippen LogP contribution in [0.3, 0.4) is 0 Å². The van der Waals surface area contributed by atoms with E-state index in [0.29, 0.717) is 30.0 Å². The number of methoxy groups -OCH3 is 1. The number of carbonyl (C=O) groups excluding carboxylic acids is 2. The summed E-state index contributed by atoms with van der Waals surface area (Å²) in [5, 5.41) is 15.3. The molecule has 0 unspecified atom stereocenters. The number of esters is 1. The molecular weight excluding hydrogens is 436 g/mol. The highest BCUT2D eigenvalue weighted by Crippen LogP contribution is 2.32. The first kappa shape index (κ1) is 23.7. The third-order valence-electron chi connectivity index (χ3n) is 4.98. The Balaban J connectivity index is 1.87. The number of urea groups is 1. The molecule has 0 radical (unpaired) electrons. The highest BCUT2D eigenvalue weighted by atomic mass is 32.1. The number of rotatable bonds is 7. The first-order valence-corrected chi connectivity index (χ1v) is 10.7. The van der Waals surface area contributed by atoms with E-state index in [2.05, 4.69) is 29.5 Å². The largest absolute Gasteiger partial charge is 0.465 e. The minimum atomic E-state index is -0.527. The first-order valence-electron chi connectivity index (χ1n) is 10.3. The zero-order valence-corrected chi connectivity index (χ0v) is 19.2. The van der Waals surface area contributed by atoms with Gasteiger partial charge in [-0.15, -0.1) is 0 Å². The summed E-state index contributed by atoms with van der Waals surface area (Å²) in [5.41, 5.74) is 4.51. The number of amides is 2. The van der Waals surface area contributed by atoms with Gasteiger partial charge in [0.15, 0.2) is 0 Å². The maximum Gasteiger partial charge on any atom is 0.340 e. The van der Waals surface area contributed by atoms with E-state index in [4.69, 9.17) is 4.74 Å². The Hall–Kier alpha value is -3.96. The van der Waals surface area contributed by atoms with E-state index in [1.54, 1.807) is 24.3 Å². The van der Waals surface area contributed by atoms with Crippen molar-refractivity contribution in [3.8, 4) is 17.2 Å². The van der Waals surface area contributed by atoms with Crippen LogP contribution in [-0.4, -0.2) is 25.7 Å². The number of benzene rings is 3. The normalized spacial score (nSPS) is 10.1. The van der Waals surface area contributed by atoms with Crippen LogP contribution in [0.25, 0.3) is 11.1 Å². The Morgan fingerprint density at radius 3 is 2.45 bits per heavy atom. The molecule has 0 saturated carbocycles. The van der Waals surface area contributed by atoms with Gasteiger partial charge in [-0.3, -0.25) is 0 Å². The quantitative estimate of drug-likeness (QED) is 0.341. The molecule has 7 nitrogen and oxygen atoms in total. The van der Waals surface area contributed by atoms with Crippen molar-refractivity contribution < 1.29 is 14.3 Å². The van der Waals surface area contributed by atoms with Crippen molar-refractivity contribution >= 4 is 36.2 Å². The average Bonchev–Trinajstić information content (AvgIpc) is 2.86. The molecule has 0 bridgehead atoms. The van der Waals surface area contributed by atoms with Gasteiger partial charge in [-0.2, -0.15) is 5.26 Å². The number of hydrogen-bond donors (Lipinski definition) is 3. The number of hydrogen-bond acceptors (Lipinski definition) is 6. The number of nitrogens with zero attached hydrogens (tertiary/aromatic N) is 2. The minimum absolute atomic E-state index is 0.290. The summed E-state index contributed by atoms with van der Waals surface area (Å²) < 4.78 is 6.06. The van der Waals surface area contributed by atoms with Crippen molar-refractivity contribution in [2.24, 2.45) is 0 Å². The van der Waals surface area contributed by atoms with Gasteiger partial charge in [-0.05, 0) is 41.8 Å². The van der Waals surface area contributed by atoms with Crippen molar-refractivity contribution in [3.63, 3.8) is 0 Å². The van der Waals surface area contributed by atoms with Crippen LogP contribution in [0.15, 0.2) is 66.7 Å². The molecule has 0 aliphatic carbocycles. The van der Waals surface area contributed by atoms with Crippen LogP contribution < -0.4 is 14.9 Å². The van der Waals surface area contributed by atoms with Crippen molar-refractivity contribution in [2.75, 3.05) is 23.3 Å². The van der Waals surface area contributed by atoms with E-state index in [1.165, 1.54) is 7.11 Å². The second-order valence-electron chi connectivity index (χ2n) is 7.05. The van der Waals surface area contributed by atoms with E-state index in [-0.39, 0.29) is 5.56 Å². The molecule has 3 aromatic rings. The summed E-state index contributed by atoms with van der Waals surface area (Å²) >= 11 is 4.32. The molecule has 3 aromatic carbocycles. The van der Waals surface area contributed by atoms with E-state index < -0.39 is 12.0 Å². The summed E-state index contributed by atoms with van der Waals surface area (Å²) in [7, 11) is 1.30. The molecule has 2 N–H and O–H groups in total. The topological polar surface area (TPSA) is 94.5 Å². The zero-order chi connectivity index (χ0) is 23.8. The molecule has 168 valence electrons. The van der Waals surface area contributed by atoms with Gasteiger partial charge in [0.1, 0.15) is 0 Å². The number of nitrogens with one attached hydrogen (secondary N) is 2. The van der Waals surface area contributed by atoms with Gasteiger partial charge >= 0.3 is 12.0 Å². The molecule has 8 heteroatoms. The molecule has 3 rings (SSSR count). The predicted octanol–water partition coefficient (Wildman–Crippen LogP) is 5.00. The predicted molar refractivity (Wildman–Crippen MR) is 132 cm³/mol. The molecule has 0 spiro atoms. The fourth-order valence-electron chi connectivity index (χ4n) is 3.34. The first-order chi connectivity index (χ1) is 16.0. The summed E-state index contributed by atoms with van der Waals surface area (Å²) in [4.78, 5) is 24.7. The highest BCUT2D eigenvalue weighted by molar-refractivity contribution is 7.82. The van der Waals surface area contributed by atoms with Gasteiger partial charge in [0.05, 0.1) is 35.7 Å². The molecule has 0 saturated heterocycles. The van der Waals surface area contributed by atoms with E-state index >= 15 is 0 Å². The lowest BCUT2D eigenvalue weighted by Gasteiger charge is -2.22.